The number of carbonyl (C=O) groups is 1. The van der Waals surface area contributed by atoms with Gasteiger partial charge in [-0.05, 0) is 38.2 Å². The molecule has 1 aliphatic rings. The number of nitrogens with two attached hydrogens (primary N) is 1. The Morgan fingerprint density at radius 1 is 1.42 bits per heavy atom. The molecule has 0 aliphatic carbocycles. The van der Waals surface area contributed by atoms with Gasteiger partial charge in [-0.15, -0.1) is 0 Å². The molecule has 2 rings (SSSR count). The van der Waals surface area contributed by atoms with E-state index in [0.717, 1.165) is 31.5 Å². The van der Waals surface area contributed by atoms with Crippen LogP contribution in [0, 0.1) is 12.8 Å². The maximum Gasteiger partial charge on any atom is 0.226 e. The molecule has 2 N–H and O–H groups in total. The van der Waals surface area contributed by atoms with E-state index in [9.17, 15) is 4.79 Å². The standard InChI is InChI=1S/C16H24N2O/c1-12-5-7-14(8-6-12)10-16(19)18-9-3-4-15(11-18)13(2)17/h5-8,13,15H,3-4,9-11,17H2,1-2H3/t13-,15-/m0/s1. The maximum atomic E-state index is 12.3. The topological polar surface area (TPSA) is 46.3 Å². The Morgan fingerprint density at radius 3 is 2.74 bits per heavy atom. The molecule has 1 aromatic rings. The SMILES string of the molecule is Cc1ccc(CC(=O)N2CCC[C@H]([C@H](C)N)C2)cc1. The molecule has 0 spiro atoms. The number of rotatable bonds is 3. The molecule has 1 saturated heterocycles. The highest BCUT2D eigenvalue weighted by Gasteiger charge is 2.25. The molecule has 0 saturated carbocycles. The van der Waals surface area contributed by atoms with Gasteiger partial charge in [-0.1, -0.05) is 29.8 Å². The highest BCUT2D eigenvalue weighted by atomic mass is 16.2. The monoisotopic (exact) mass is 260 g/mol. The number of carbonyl (C=O) groups excluding carboxylic acids is 1. The second-order valence-corrected chi connectivity index (χ2v) is 5.76. The first kappa shape index (κ1) is 14.1. The lowest BCUT2D eigenvalue weighted by Crippen LogP contribution is -2.45. The number of nitrogens with zero attached hydrogens (tertiary/aromatic N) is 1. The summed E-state index contributed by atoms with van der Waals surface area (Å²) < 4.78 is 0. The van der Waals surface area contributed by atoms with Crippen molar-refractivity contribution >= 4 is 5.91 Å². The van der Waals surface area contributed by atoms with Crippen LogP contribution in [0.25, 0.3) is 0 Å². The van der Waals surface area contributed by atoms with Crippen molar-refractivity contribution in [1.82, 2.24) is 4.90 Å². The van der Waals surface area contributed by atoms with Gasteiger partial charge in [-0.2, -0.15) is 0 Å². The van der Waals surface area contributed by atoms with E-state index in [0.29, 0.717) is 12.3 Å². The van der Waals surface area contributed by atoms with Gasteiger partial charge in [0.2, 0.25) is 5.91 Å². The molecule has 0 radical (unpaired) electrons. The maximum absolute atomic E-state index is 12.3. The van der Waals surface area contributed by atoms with E-state index in [1.807, 2.05) is 24.0 Å². The first-order valence-corrected chi connectivity index (χ1v) is 7.15. The quantitative estimate of drug-likeness (QED) is 0.905. The van der Waals surface area contributed by atoms with E-state index in [2.05, 4.69) is 19.1 Å². The van der Waals surface area contributed by atoms with E-state index in [1.54, 1.807) is 0 Å². The average Bonchev–Trinajstić information content (AvgIpc) is 2.41. The molecule has 104 valence electrons. The number of benzene rings is 1. The molecule has 3 nitrogen and oxygen atoms in total. The number of hydrogen-bond acceptors (Lipinski definition) is 2. The van der Waals surface area contributed by atoms with Crippen LogP contribution in [0.3, 0.4) is 0 Å². The lowest BCUT2D eigenvalue weighted by molar-refractivity contribution is -0.132. The zero-order valence-corrected chi connectivity index (χ0v) is 11.9. The van der Waals surface area contributed by atoms with Crippen molar-refractivity contribution in [2.45, 2.75) is 39.2 Å². The van der Waals surface area contributed by atoms with E-state index in [-0.39, 0.29) is 11.9 Å². The van der Waals surface area contributed by atoms with Crippen LogP contribution >= 0.6 is 0 Å². The molecule has 19 heavy (non-hydrogen) atoms. The van der Waals surface area contributed by atoms with Crippen molar-refractivity contribution in [1.29, 1.82) is 0 Å². The van der Waals surface area contributed by atoms with Crippen molar-refractivity contribution in [2.75, 3.05) is 13.1 Å². The van der Waals surface area contributed by atoms with Gasteiger partial charge in [-0.25, -0.2) is 0 Å². The number of piperidine rings is 1. The van der Waals surface area contributed by atoms with E-state index < -0.39 is 0 Å². The van der Waals surface area contributed by atoms with Crippen molar-refractivity contribution < 1.29 is 4.79 Å². The predicted octanol–water partition coefficient (Wildman–Crippen LogP) is 2.12. The fourth-order valence-electron chi connectivity index (χ4n) is 2.66. The number of hydrogen-bond donors (Lipinski definition) is 1. The van der Waals surface area contributed by atoms with Gasteiger partial charge in [0.1, 0.15) is 0 Å². The third-order valence-corrected chi connectivity index (χ3v) is 4.03. The lowest BCUT2D eigenvalue weighted by atomic mass is 9.92. The molecule has 1 heterocycles. The predicted molar refractivity (Wildman–Crippen MR) is 77.8 cm³/mol. The highest BCUT2D eigenvalue weighted by molar-refractivity contribution is 5.78. The molecule has 0 unspecified atom stereocenters. The number of amides is 1. The minimum Gasteiger partial charge on any atom is -0.342 e. The summed E-state index contributed by atoms with van der Waals surface area (Å²) in [5, 5.41) is 0. The summed E-state index contributed by atoms with van der Waals surface area (Å²) >= 11 is 0. The summed E-state index contributed by atoms with van der Waals surface area (Å²) in [6.45, 7) is 5.80. The van der Waals surface area contributed by atoms with E-state index >= 15 is 0 Å². The van der Waals surface area contributed by atoms with Crippen LogP contribution < -0.4 is 5.73 Å². The summed E-state index contributed by atoms with van der Waals surface area (Å²) in [6, 6.07) is 8.38. The molecule has 1 aliphatic heterocycles. The van der Waals surface area contributed by atoms with Crippen LogP contribution in [0.4, 0.5) is 0 Å². The fourth-order valence-corrected chi connectivity index (χ4v) is 2.66. The van der Waals surface area contributed by atoms with Gasteiger partial charge < -0.3 is 10.6 Å². The summed E-state index contributed by atoms with van der Waals surface area (Å²) in [5.41, 5.74) is 8.28. The van der Waals surface area contributed by atoms with Gasteiger partial charge in [0.15, 0.2) is 0 Å². The fraction of sp³-hybridized carbons (Fsp3) is 0.562. The molecule has 2 atom stereocenters. The minimum atomic E-state index is 0.176. The van der Waals surface area contributed by atoms with Crippen molar-refractivity contribution in [3.8, 4) is 0 Å². The van der Waals surface area contributed by atoms with Crippen LogP contribution in [0.15, 0.2) is 24.3 Å². The van der Waals surface area contributed by atoms with Gasteiger partial charge in [0.05, 0.1) is 6.42 Å². The molecule has 1 amide bonds. The first-order chi connectivity index (χ1) is 9.06. The Kier molecular flexibility index (Phi) is 4.59. The number of aryl methyl sites for hydroxylation is 1. The van der Waals surface area contributed by atoms with Gasteiger partial charge in [0, 0.05) is 19.1 Å². The first-order valence-electron chi connectivity index (χ1n) is 7.15. The normalized spacial score (nSPS) is 21.2. The highest BCUT2D eigenvalue weighted by Crippen LogP contribution is 2.19. The summed E-state index contributed by atoms with van der Waals surface area (Å²) in [6.07, 6.45) is 2.73. The molecule has 0 aromatic heterocycles. The summed E-state index contributed by atoms with van der Waals surface area (Å²) in [4.78, 5) is 14.3. The Bertz CT molecular complexity index is 425. The lowest BCUT2D eigenvalue weighted by Gasteiger charge is -2.34. The Morgan fingerprint density at radius 2 is 2.11 bits per heavy atom. The molecular weight excluding hydrogens is 236 g/mol. The third-order valence-electron chi connectivity index (χ3n) is 4.03. The largest absolute Gasteiger partial charge is 0.342 e. The Labute approximate surface area is 115 Å². The third kappa shape index (κ3) is 3.80. The zero-order chi connectivity index (χ0) is 13.8. The number of likely N-dealkylation sites (tertiary alicyclic amines) is 1. The van der Waals surface area contributed by atoms with Crippen molar-refractivity contribution in [3.05, 3.63) is 35.4 Å². The van der Waals surface area contributed by atoms with Crippen molar-refractivity contribution in [3.63, 3.8) is 0 Å². The summed E-state index contributed by atoms with van der Waals surface area (Å²) in [5.74, 6) is 0.685. The second kappa shape index (κ2) is 6.20. The second-order valence-electron chi connectivity index (χ2n) is 5.76. The van der Waals surface area contributed by atoms with Crippen molar-refractivity contribution in [2.24, 2.45) is 11.7 Å². The molecule has 0 bridgehead atoms. The van der Waals surface area contributed by atoms with Gasteiger partial charge in [-0.3, -0.25) is 4.79 Å². The summed E-state index contributed by atoms with van der Waals surface area (Å²) in [7, 11) is 0. The van der Waals surface area contributed by atoms with Crippen LogP contribution in [-0.2, 0) is 11.2 Å². The van der Waals surface area contributed by atoms with E-state index in [4.69, 9.17) is 5.73 Å². The molecule has 1 aromatic carbocycles. The minimum absolute atomic E-state index is 0.176. The average molecular weight is 260 g/mol. The van der Waals surface area contributed by atoms with Gasteiger partial charge >= 0.3 is 0 Å². The smallest absolute Gasteiger partial charge is 0.226 e. The van der Waals surface area contributed by atoms with Crippen LogP contribution in [0.1, 0.15) is 30.9 Å². The van der Waals surface area contributed by atoms with E-state index in [1.165, 1.54) is 5.56 Å². The Hall–Kier alpha value is -1.35. The van der Waals surface area contributed by atoms with Crippen LogP contribution in [0.2, 0.25) is 0 Å². The molecular formula is C16H24N2O. The van der Waals surface area contributed by atoms with Crippen LogP contribution in [-0.4, -0.2) is 29.9 Å². The molecule has 3 heteroatoms. The Balaban J connectivity index is 1.94. The molecule has 1 fully saturated rings. The van der Waals surface area contributed by atoms with Gasteiger partial charge in [0.25, 0.3) is 0 Å². The van der Waals surface area contributed by atoms with Crippen LogP contribution in [0.5, 0.6) is 0 Å². The zero-order valence-electron chi connectivity index (χ0n) is 11.9.